The van der Waals surface area contributed by atoms with Gasteiger partial charge in [-0.1, -0.05) is 36.4 Å². The number of carbonyl (C=O) groups is 2. The van der Waals surface area contributed by atoms with E-state index in [0.29, 0.717) is 23.6 Å². The number of hydrogen-bond acceptors (Lipinski definition) is 4. The summed E-state index contributed by atoms with van der Waals surface area (Å²) in [6.45, 7) is 4.40. The zero-order chi connectivity index (χ0) is 23.5. The lowest BCUT2D eigenvalue weighted by atomic mass is 10.0. The molecule has 0 unspecified atom stereocenters. The molecule has 6 heteroatoms. The van der Waals surface area contributed by atoms with Gasteiger partial charge in [-0.15, -0.1) is 0 Å². The molecule has 1 atom stereocenters. The van der Waals surface area contributed by atoms with Gasteiger partial charge in [0.15, 0.2) is 11.5 Å². The maximum Gasteiger partial charge on any atom is 0.255 e. The van der Waals surface area contributed by atoms with Gasteiger partial charge in [0.05, 0.1) is 26.7 Å². The average molecular weight is 445 g/mol. The molecule has 1 heterocycles. The zero-order valence-electron chi connectivity index (χ0n) is 19.3. The third kappa shape index (κ3) is 4.55. The number of rotatable bonds is 7. The largest absolute Gasteiger partial charge is 0.493 e. The number of nitrogens with one attached hydrogen (secondary N) is 1. The van der Waals surface area contributed by atoms with Crippen LogP contribution in [0.2, 0.25) is 0 Å². The monoisotopic (exact) mass is 444 g/mol. The van der Waals surface area contributed by atoms with Crippen molar-refractivity contribution in [2.75, 3.05) is 19.5 Å². The third-order valence-electron chi connectivity index (χ3n) is 6.06. The van der Waals surface area contributed by atoms with Gasteiger partial charge in [-0.3, -0.25) is 9.59 Å². The minimum absolute atomic E-state index is 0.0788. The molecule has 6 nitrogen and oxygen atoms in total. The first-order valence-electron chi connectivity index (χ1n) is 10.9. The molecule has 0 bridgehead atoms. The number of aryl methyl sites for hydroxylation is 2. The van der Waals surface area contributed by atoms with Crippen LogP contribution in [0.4, 0.5) is 5.69 Å². The predicted molar refractivity (Wildman–Crippen MR) is 128 cm³/mol. The van der Waals surface area contributed by atoms with E-state index in [-0.39, 0.29) is 18.2 Å². The van der Waals surface area contributed by atoms with E-state index in [1.54, 1.807) is 25.2 Å². The van der Waals surface area contributed by atoms with Crippen LogP contribution in [-0.2, 0) is 11.3 Å². The molecular formula is C27H28N2O4. The van der Waals surface area contributed by atoms with E-state index in [2.05, 4.69) is 5.32 Å². The van der Waals surface area contributed by atoms with Crippen LogP contribution in [0.5, 0.6) is 11.5 Å². The van der Waals surface area contributed by atoms with Crippen LogP contribution in [0.3, 0.4) is 0 Å². The zero-order valence-corrected chi connectivity index (χ0v) is 19.3. The Morgan fingerprint density at radius 1 is 1.00 bits per heavy atom. The van der Waals surface area contributed by atoms with Crippen molar-refractivity contribution in [3.8, 4) is 11.5 Å². The SMILES string of the molecule is COc1ccc([C@H](CC(=O)Nc2cc(C)ccc2C)N2Cc3ccccc3C2=O)cc1OC. The Balaban J connectivity index is 1.67. The van der Waals surface area contributed by atoms with E-state index in [9.17, 15) is 9.59 Å². The second-order valence-electron chi connectivity index (χ2n) is 8.29. The summed E-state index contributed by atoms with van der Waals surface area (Å²) in [6, 6.07) is 18.6. The first-order valence-corrected chi connectivity index (χ1v) is 10.9. The van der Waals surface area contributed by atoms with Crippen LogP contribution in [0, 0.1) is 13.8 Å². The standard InChI is InChI=1S/C27H28N2O4/c1-17-9-10-18(2)22(13-17)28-26(30)15-23(19-11-12-24(32-3)25(14-19)33-4)29-16-20-7-5-6-8-21(20)27(29)31/h5-14,23H,15-16H2,1-4H3,(H,28,30)/t23-/m0/s1. The van der Waals surface area contributed by atoms with Gasteiger partial charge in [0.25, 0.3) is 5.91 Å². The summed E-state index contributed by atoms with van der Waals surface area (Å²) in [7, 11) is 3.15. The second-order valence-corrected chi connectivity index (χ2v) is 8.29. The Morgan fingerprint density at radius 3 is 2.48 bits per heavy atom. The molecule has 1 N–H and O–H groups in total. The Labute approximate surface area is 194 Å². The highest BCUT2D eigenvalue weighted by Crippen LogP contribution is 2.37. The number of carbonyl (C=O) groups excluding carboxylic acids is 2. The molecular weight excluding hydrogens is 416 g/mol. The van der Waals surface area contributed by atoms with Crippen molar-refractivity contribution in [3.05, 3.63) is 88.5 Å². The van der Waals surface area contributed by atoms with E-state index < -0.39 is 6.04 Å². The summed E-state index contributed by atoms with van der Waals surface area (Å²) >= 11 is 0. The second kappa shape index (κ2) is 9.36. The summed E-state index contributed by atoms with van der Waals surface area (Å²) in [5, 5.41) is 3.03. The molecule has 33 heavy (non-hydrogen) atoms. The molecule has 3 aromatic rings. The lowest BCUT2D eigenvalue weighted by molar-refractivity contribution is -0.117. The van der Waals surface area contributed by atoms with E-state index in [1.807, 2.05) is 68.4 Å². The van der Waals surface area contributed by atoms with Gasteiger partial charge in [-0.2, -0.15) is 0 Å². The molecule has 0 aliphatic carbocycles. The Bertz CT molecular complexity index is 1200. The fourth-order valence-corrected chi connectivity index (χ4v) is 4.24. The highest BCUT2D eigenvalue weighted by atomic mass is 16.5. The highest BCUT2D eigenvalue weighted by molar-refractivity contribution is 5.99. The van der Waals surface area contributed by atoms with Gasteiger partial charge < -0.3 is 19.7 Å². The van der Waals surface area contributed by atoms with Crippen molar-refractivity contribution in [1.82, 2.24) is 4.90 Å². The van der Waals surface area contributed by atoms with Crippen LogP contribution in [0.1, 0.15) is 45.1 Å². The molecule has 0 fully saturated rings. The van der Waals surface area contributed by atoms with E-state index in [1.165, 1.54) is 0 Å². The van der Waals surface area contributed by atoms with Gasteiger partial charge in [-0.25, -0.2) is 0 Å². The van der Waals surface area contributed by atoms with Gasteiger partial charge in [0.1, 0.15) is 0 Å². The van der Waals surface area contributed by atoms with Gasteiger partial charge in [0, 0.05) is 17.8 Å². The molecule has 1 aliphatic heterocycles. The Morgan fingerprint density at radius 2 is 1.76 bits per heavy atom. The molecule has 170 valence electrons. The molecule has 2 amide bonds. The van der Waals surface area contributed by atoms with E-state index in [4.69, 9.17) is 9.47 Å². The van der Waals surface area contributed by atoms with E-state index in [0.717, 1.165) is 27.9 Å². The number of fused-ring (bicyclic) bond motifs is 1. The molecule has 3 aromatic carbocycles. The molecule has 0 saturated carbocycles. The van der Waals surface area contributed by atoms with Crippen molar-refractivity contribution in [1.29, 1.82) is 0 Å². The fraction of sp³-hybridized carbons (Fsp3) is 0.259. The number of methoxy groups -OCH3 is 2. The molecule has 0 saturated heterocycles. The highest BCUT2D eigenvalue weighted by Gasteiger charge is 2.35. The lowest BCUT2D eigenvalue weighted by Crippen LogP contribution is -2.32. The first-order chi connectivity index (χ1) is 15.9. The number of ether oxygens (including phenoxy) is 2. The summed E-state index contributed by atoms with van der Waals surface area (Å²) in [4.78, 5) is 28.2. The molecule has 1 aliphatic rings. The van der Waals surface area contributed by atoms with Gasteiger partial charge in [0.2, 0.25) is 5.91 Å². The third-order valence-corrected chi connectivity index (χ3v) is 6.06. The quantitative estimate of drug-likeness (QED) is 0.554. The van der Waals surface area contributed by atoms with Gasteiger partial charge in [-0.05, 0) is 60.4 Å². The number of amides is 2. The summed E-state index contributed by atoms with van der Waals surface area (Å²) in [5.74, 6) is 0.909. The minimum Gasteiger partial charge on any atom is -0.493 e. The van der Waals surface area contributed by atoms with Crippen LogP contribution in [0.25, 0.3) is 0 Å². The summed E-state index contributed by atoms with van der Waals surface area (Å²) in [5.41, 5.74) is 5.28. The lowest BCUT2D eigenvalue weighted by Gasteiger charge is -2.28. The molecule has 4 rings (SSSR count). The first kappa shape index (κ1) is 22.4. The smallest absolute Gasteiger partial charge is 0.255 e. The number of hydrogen-bond donors (Lipinski definition) is 1. The molecule has 0 spiro atoms. The van der Waals surface area contributed by atoms with Crippen molar-refractivity contribution in [2.24, 2.45) is 0 Å². The normalized spacial score (nSPS) is 13.5. The van der Waals surface area contributed by atoms with Crippen molar-refractivity contribution < 1.29 is 19.1 Å². The number of nitrogens with zero attached hydrogens (tertiary/aromatic N) is 1. The minimum atomic E-state index is -0.463. The molecule has 0 radical (unpaired) electrons. The number of benzene rings is 3. The Kier molecular flexibility index (Phi) is 6.36. The van der Waals surface area contributed by atoms with Crippen molar-refractivity contribution >= 4 is 17.5 Å². The fourth-order valence-electron chi connectivity index (χ4n) is 4.24. The predicted octanol–water partition coefficient (Wildman–Crippen LogP) is 5.05. The van der Waals surface area contributed by atoms with Crippen LogP contribution < -0.4 is 14.8 Å². The van der Waals surface area contributed by atoms with Crippen LogP contribution >= 0.6 is 0 Å². The Hall–Kier alpha value is -3.80. The van der Waals surface area contributed by atoms with Crippen LogP contribution in [0.15, 0.2) is 60.7 Å². The maximum absolute atomic E-state index is 13.3. The summed E-state index contributed by atoms with van der Waals surface area (Å²) < 4.78 is 10.8. The molecule has 0 aromatic heterocycles. The van der Waals surface area contributed by atoms with Crippen LogP contribution in [-0.4, -0.2) is 30.9 Å². The average Bonchev–Trinajstić information content (AvgIpc) is 3.15. The van der Waals surface area contributed by atoms with Crippen molar-refractivity contribution in [3.63, 3.8) is 0 Å². The summed E-state index contributed by atoms with van der Waals surface area (Å²) in [6.07, 6.45) is 0.114. The topological polar surface area (TPSA) is 67.9 Å². The van der Waals surface area contributed by atoms with Crippen molar-refractivity contribution in [2.45, 2.75) is 32.9 Å². The van der Waals surface area contributed by atoms with Gasteiger partial charge >= 0.3 is 0 Å². The van der Waals surface area contributed by atoms with E-state index >= 15 is 0 Å². The number of anilines is 1. The maximum atomic E-state index is 13.3.